The van der Waals surface area contributed by atoms with Gasteiger partial charge in [-0.05, 0) is 29.9 Å². The van der Waals surface area contributed by atoms with Crippen LogP contribution in [0.4, 0.5) is 0 Å². The smallest absolute Gasteiger partial charge is 0.234 e. The molecule has 0 saturated carbocycles. The summed E-state index contributed by atoms with van der Waals surface area (Å²) in [5.74, 6) is 2.11. The van der Waals surface area contributed by atoms with Crippen LogP contribution in [0.15, 0.2) is 24.3 Å². The van der Waals surface area contributed by atoms with E-state index < -0.39 is 0 Å². The Morgan fingerprint density at radius 1 is 1.13 bits per heavy atom. The number of amides is 1. The number of para-hydroxylation sites is 1. The number of methoxy groups -OCH3 is 1. The minimum atomic E-state index is 0.0983. The van der Waals surface area contributed by atoms with Crippen LogP contribution in [-0.2, 0) is 11.2 Å². The molecule has 0 aliphatic heterocycles. The third kappa shape index (κ3) is 8.03. The van der Waals surface area contributed by atoms with Gasteiger partial charge in [-0.1, -0.05) is 45.9 Å². The van der Waals surface area contributed by atoms with Gasteiger partial charge in [-0.3, -0.25) is 9.69 Å². The first-order valence-corrected chi connectivity index (χ1v) is 8.53. The van der Waals surface area contributed by atoms with Gasteiger partial charge < -0.3 is 10.1 Å². The quantitative estimate of drug-likeness (QED) is 0.720. The highest BCUT2D eigenvalue weighted by Crippen LogP contribution is 2.17. The molecule has 0 atom stereocenters. The van der Waals surface area contributed by atoms with Crippen molar-refractivity contribution in [3.63, 3.8) is 0 Å². The molecule has 4 heteroatoms. The van der Waals surface area contributed by atoms with Gasteiger partial charge in [0, 0.05) is 19.6 Å². The molecule has 1 amide bonds. The minimum Gasteiger partial charge on any atom is -0.496 e. The fraction of sp³-hybridized carbons (Fsp3) is 0.632. The summed E-state index contributed by atoms with van der Waals surface area (Å²) in [4.78, 5) is 14.4. The zero-order valence-electron chi connectivity index (χ0n) is 15.3. The van der Waals surface area contributed by atoms with Crippen molar-refractivity contribution in [1.82, 2.24) is 10.2 Å². The summed E-state index contributed by atoms with van der Waals surface area (Å²) in [5.41, 5.74) is 1.12. The van der Waals surface area contributed by atoms with E-state index in [2.05, 4.69) is 37.9 Å². The van der Waals surface area contributed by atoms with Crippen LogP contribution in [0.1, 0.15) is 33.3 Å². The fourth-order valence-corrected chi connectivity index (χ4v) is 2.74. The van der Waals surface area contributed by atoms with Crippen LogP contribution >= 0.6 is 0 Å². The molecule has 0 bridgehead atoms. The molecule has 0 aliphatic carbocycles. The second kappa shape index (κ2) is 10.3. The lowest BCUT2D eigenvalue weighted by Crippen LogP contribution is -2.41. The first kappa shape index (κ1) is 19.5. The Balaban J connectivity index is 2.42. The largest absolute Gasteiger partial charge is 0.496 e. The van der Waals surface area contributed by atoms with E-state index in [-0.39, 0.29) is 5.91 Å². The monoisotopic (exact) mass is 320 g/mol. The lowest BCUT2D eigenvalue weighted by atomic mass is 10.1. The first-order valence-electron chi connectivity index (χ1n) is 8.53. The van der Waals surface area contributed by atoms with Crippen molar-refractivity contribution in [3.05, 3.63) is 29.8 Å². The molecule has 0 aliphatic rings. The van der Waals surface area contributed by atoms with Gasteiger partial charge >= 0.3 is 0 Å². The fourth-order valence-electron chi connectivity index (χ4n) is 2.74. The summed E-state index contributed by atoms with van der Waals surface area (Å²) in [6.45, 7) is 11.8. The number of hydrogen-bond donors (Lipinski definition) is 1. The second-order valence-corrected chi connectivity index (χ2v) is 6.89. The zero-order valence-corrected chi connectivity index (χ0v) is 15.3. The number of carbonyl (C=O) groups is 1. The summed E-state index contributed by atoms with van der Waals surface area (Å²) in [5, 5.41) is 3.02. The maximum atomic E-state index is 12.2. The Morgan fingerprint density at radius 3 is 2.30 bits per heavy atom. The molecule has 0 saturated heterocycles. The average Bonchev–Trinajstić information content (AvgIpc) is 2.46. The van der Waals surface area contributed by atoms with E-state index in [1.54, 1.807) is 7.11 Å². The molecule has 130 valence electrons. The lowest BCUT2D eigenvalue weighted by molar-refractivity contribution is -0.122. The summed E-state index contributed by atoms with van der Waals surface area (Å²) < 4.78 is 5.33. The minimum absolute atomic E-state index is 0.0983. The van der Waals surface area contributed by atoms with Crippen molar-refractivity contribution in [2.45, 2.75) is 34.1 Å². The molecule has 0 spiro atoms. The third-order valence-corrected chi connectivity index (χ3v) is 3.52. The predicted molar refractivity (Wildman–Crippen MR) is 95.8 cm³/mol. The van der Waals surface area contributed by atoms with E-state index in [1.165, 1.54) is 0 Å². The van der Waals surface area contributed by atoms with Gasteiger partial charge in [0.15, 0.2) is 0 Å². The molecule has 1 aromatic carbocycles. The van der Waals surface area contributed by atoms with Crippen LogP contribution in [0, 0.1) is 11.8 Å². The van der Waals surface area contributed by atoms with E-state index in [1.807, 2.05) is 24.3 Å². The molecule has 0 aromatic heterocycles. The van der Waals surface area contributed by atoms with Crippen molar-refractivity contribution >= 4 is 5.91 Å². The Labute approximate surface area is 141 Å². The SMILES string of the molecule is COc1ccccc1CCNC(=O)CN(CC(C)C)CC(C)C. The van der Waals surface area contributed by atoms with Crippen LogP contribution in [0.5, 0.6) is 5.75 Å². The molecule has 1 aromatic rings. The molecule has 0 fully saturated rings. The summed E-state index contributed by atoms with van der Waals surface area (Å²) in [7, 11) is 1.67. The van der Waals surface area contributed by atoms with E-state index >= 15 is 0 Å². The van der Waals surface area contributed by atoms with Crippen molar-refractivity contribution < 1.29 is 9.53 Å². The standard InChI is InChI=1S/C19H32N2O2/c1-15(2)12-21(13-16(3)4)14-19(22)20-11-10-17-8-6-7-9-18(17)23-5/h6-9,15-16H,10-14H2,1-5H3,(H,20,22). The van der Waals surface area contributed by atoms with Crippen molar-refractivity contribution in [2.75, 3.05) is 33.3 Å². The first-order chi connectivity index (χ1) is 10.9. The van der Waals surface area contributed by atoms with Gasteiger partial charge in [0.1, 0.15) is 5.75 Å². The van der Waals surface area contributed by atoms with Gasteiger partial charge in [-0.15, -0.1) is 0 Å². The number of carbonyl (C=O) groups excluding carboxylic acids is 1. The zero-order chi connectivity index (χ0) is 17.2. The number of nitrogens with zero attached hydrogens (tertiary/aromatic N) is 1. The highest BCUT2D eigenvalue weighted by Gasteiger charge is 2.13. The summed E-state index contributed by atoms with van der Waals surface area (Å²) in [6, 6.07) is 7.93. The average molecular weight is 320 g/mol. The van der Waals surface area contributed by atoms with E-state index in [4.69, 9.17) is 4.74 Å². The van der Waals surface area contributed by atoms with Crippen LogP contribution in [0.2, 0.25) is 0 Å². The molecule has 0 unspecified atom stereocenters. The van der Waals surface area contributed by atoms with Crippen LogP contribution in [0.25, 0.3) is 0 Å². The molecule has 23 heavy (non-hydrogen) atoms. The van der Waals surface area contributed by atoms with Crippen molar-refractivity contribution in [3.8, 4) is 5.75 Å². The molecular formula is C19H32N2O2. The normalized spacial score (nSPS) is 11.3. The highest BCUT2D eigenvalue weighted by molar-refractivity contribution is 5.78. The van der Waals surface area contributed by atoms with E-state index in [0.29, 0.717) is 24.9 Å². The number of nitrogens with one attached hydrogen (secondary N) is 1. The van der Waals surface area contributed by atoms with Gasteiger partial charge in [0.2, 0.25) is 5.91 Å². The number of ether oxygens (including phenoxy) is 1. The molecule has 4 nitrogen and oxygen atoms in total. The number of hydrogen-bond acceptors (Lipinski definition) is 3. The number of benzene rings is 1. The highest BCUT2D eigenvalue weighted by atomic mass is 16.5. The lowest BCUT2D eigenvalue weighted by Gasteiger charge is -2.25. The molecule has 0 radical (unpaired) electrons. The molecular weight excluding hydrogens is 288 g/mol. The molecule has 1 rings (SSSR count). The Morgan fingerprint density at radius 2 is 1.74 bits per heavy atom. The second-order valence-electron chi connectivity index (χ2n) is 6.89. The van der Waals surface area contributed by atoms with Crippen molar-refractivity contribution in [2.24, 2.45) is 11.8 Å². The topological polar surface area (TPSA) is 41.6 Å². The summed E-state index contributed by atoms with van der Waals surface area (Å²) >= 11 is 0. The Bertz CT molecular complexity index is 462. The van der Waals surface area contributed by atoms with E-state index in [9.17, 15) is 4.79 Å². The Kier molecular flexibility index (Phi) is 8.70. The van der Waals surface area contributed by atoms with Gasteiger partial charge in [-0.2, -0.15) is 0 Å². The molecule has 1 N–H and O–H groups in total. The summed E-state index contributed by atoms with van der Waals surface area (Å²) in [6.07, 6.45) is 0.782. The third-order valence-electron chi connectivity index (χ3n) is 3.52. The molecule has 0 heterocycles. The van der Waals surface area contributed by atoms with Crippen LogP contribution < -0.4 is 10.1 Å². The van der Waals surface area contributed by atoms with Crippen LogP contribution in [0.3, 0.4) is 0 Å². The maximum Gasteiger partial charge on any atom is 0.234 e. The number of rotatable bonds is 10. The Hall–Kier alpha value is -1.55. The van der Waals surface area contributed by atoms with Gasteiger partial charge in [-0.25, -0.2) is 0 Å². The van der Waals surface area contributed by atoms with Crippen LogP contribution in [-0.4, -0.2) is 44.1 Å². The predicted octanol–water partition coefficient (Wildman–Crippen LogP) is 2.97. The van der Waals surface area contributed by atoms with Gasteiger partial charge in [0.05, 0.1) is 13.7 Å². The van der Waals surface area contributed by atoms with E-state index in [0.717, 1.165) is 30.8 Å². The van der Waals surface area contributed by atoms with Gasteiger partial charge in [0.25, 0.3) is 0 Å². The van der Waals surface area contributed by atoms with Crippen molar-refractivity contribution in [1.29, 1.82) is 0 Å². The maximum absolute atomic E-state index is 12.2.